The first kappa shape index (κ1) is 15.6. The van der Waals surface area contributed by atoms with Crippen LogP contribution in [0.1, 0.15) is 16.7 Å². The maximum atomic E-state index is 5.34. The van der Waals surface area contributed by atoms with Crippen LogP contribution in [0.5, 0.6) is 5.75 Å². The molecule has 0 fully saturated rings. The Morgan fingerprint density at radius 2 is 1.67 bits per heavy atom. The zero-order valence-electron chi connectivity index (χ0n) is 14.9. The smallest absolute Gasteiger partial charge is 0.118 e. The molecule has 0 amide bonds. The molecule has 27 heavy (non-hydrogen) atoms. The number of aliphatic imine (C=N–C) groups is 1. The Labute approximate surface area is 157 Å². The molecule has 5 rings (SSSR count). The van der Waals surface area contributed by atoms with Gasteiger partial charge in [0.05, 0.1) is 12.8 Å². The lowest BCUT2D eigenvalue weighted by Gasteiger charge is -2.12. The molecule has 0 unspecified atom stereocenters. The zero-order valence-corrected chi connectivity index (χ0v) is 14.9. The summed E-state index contributed by atoms with van der Waals surface area (Å²) in [5.74, 6) is 0.850. The van der Waals surface area contributed by atoms with Crippen molar-refractivity contribution in [2.45, 2.75) is 0 Å². The number of nitrogens with one attached hydrogen (secondary N) is 1. The van der Waals surface area contributed by atoms with Gasteiger partial charge in [0.25, 0.3) is 0 Å². The summed E-state index contributed by atoms with van der Waals surface area (Å²) in [6, 6.07) is 24.9. The summed E-state index contributed by atoms with van der Waals surface area (Å²) in [4.78, 5) is 8.04. The van der Waals surface area contributed by atoms with Crippen molar-refractivity contribution >= 4 is 34.0 Å². The van der Waals surface area contributed by atoms with Crippen LogP contribution in [0.15, 0.2) is 84.0 Å². The topological polar surface area (TPSA) is 37.4 Å². The lowest BCUT2D eigenvalue weighted by Crippen LogP contribution is -1.94. The van der Waals surface area contributed by atoms with E-state index in [0.29, 0.717) is 0 Å². The number of methoxy groups -OCH3 is 1. The van der Waals surface area contributed by atoms with Gasteiger partial charge in [0.2, 0.25) is 0 Å². The standard InChI is InChI=1S/C24H18N2O/c1-27-17-12-10-16(11-13-17)24(20-14-25-22-8-4-2-6-18(20)22)21-15-26-23-9-5-3-7-19(21)23/h2-15,25H,1H3/b24-21+. The van der Waals surface area contributed by atoms with Gasteiger partial charge in [0.15, 0.2) is 0 Å². The van der Waals surface area contributed by atoms with Gasteiger partial charge in [-0.25, -0.2) is 0 Å². The molecule has 130 valence electrons. The Hall–Kier alpha value is -3.59. The van der Waals surface area contributed by atoms with Crippen LogP contribution in [-0.2, 0) is 0 Å². The number of allylic oxidation sites excluding steroid dienone is 1. The number of H-pyrrole nitrogens is 1. The molecule has 0 aliphatic carbocycles. The molecule has 2 heterocycles. The van der Waals surface area contributed by atoms with E-state index in [0.717, 1.165) is 33.7 Å². The highest BCUT2D eigenvalue weighted by molar-refractivity contribution is 6.27. The average Bonchev–Trinajstić information content (AvgIpc) is 3.34. The van der Waals surface area contributed by atoms with Crippen LogP contribution < -0.4 is 4.74 Å². The number of nitrogens with zero attached hydrogens (tertiary/aromatic N) is 1. The first-order chi connectivity index (χ1) is 13.3. The van der Waals surface area contributed by atoms with E-state index in [-0.39, 0.29) is 0 Å². The Kier molecular flexibility index (Phi) is 3.65. The maximum absolute atomic E-state index is 5.34. The van der Waals surface area contributed by atoms with Gasteiger partial charge in [-0.1, -0.05) is 48.5 Å². The summed E-state index contributed by atoms with van der Waals surface area (Å²) in [6.45, 7) is 0. The third-order valence-corrected chi connectivity index (χ3v) is 5.03. The van der Waals surface area contributed by atoms with Gasteiger partial charge in [-0.15, -0.1) is 0 Å². The summed E-state index contributed by atoms with van der Waals surface area (Å²) in [6.07, 6.45) is 4.07. The van der Waals surface area contributed by atoms with E-state index in [4.69, 9.17) is 4.74 Å². The molecule has 1 N–H and O–H groups in total. The number of para-hydroxylation sites is 2. The predicted octanol–water partition coefficient (Wildman–Crippen LogP) is 5.85. The molecule has 3 nitrogen and oxygen atoms in total. The van der Waals surface area contributed by atoms with Crippen molar-refractivity contribution in [1.82, 2.24) is 4.98 Å². The quantitative estimate of drug-likeness (QED) is 0.494. The summed E-state index contributed by atoms with van der Waals surface area (Å²) in [7, 11) is 1.69. The van der Waals surface area contributed by atoms with E-state index in [2.05, 4.69) is 70.8 Å². The fraction of sp³-hybridized carbons (Fsp3) is 0.0417. The molecule has 0 saturated heterocycles. The number of aromatic nitrogens is 1. The van der Waals surface area contributed by atoms with Gasteiger partial charge in [0, 0.05) is 45.6 Å². The van der Waals surface area contributed by atoms with Crippen molar-refractivity contribution in [2.75, 3.05) is 7.11 Å². The molecule has 0 bridgehead atoms. The van der Waals surface area contributed by atoms with Crippen LogP contribution in [0.3, 0.4) is 0 Å². The van der Waals surface area contributed by atoms with Gasteiger partial charge in [-0.2, -0.15) is 0 Å². The van der Waals surface area contributed by atoms with Crippen molar-refractivity contribution in [2.24, 2.45) is 4.99 Å². The van der Waals surface area contributed by atoms with E-state index in [1.165, 1.54) is 16.5 Å². The molecular weight excluding hydrogens is 332 g/mol. The third-order valence-electron chi connectivity index (χ3n) is 5.03. The Morgan fingerprint density at radius 1 is 0.889 bits per heavy atom. The summed E-state index contributed by atoms with van der Waals surface area (Å²) < 4.78 is 5.34. The number of ether oxygens (including phenoxy) is 1. The van der Waals surface area contributed by atoms with Crippen LogP contribution in [0.2, 0.25) is 0 Å². The Bertz CT molecular complexity index is 1200. The van der Waals surface area contributed by atoms with Crippen molar-refractivity contribution in [3.8, 4) is 5.75 Å². The first-order valence-electron chi connectivity index (χ1n) is 8.94. The van der Waals surface area contributed by atoms with Gasteiger partial charge in [-0.3, -0.25) is 4.99 Å². The van der Waals surface area contributed by atoms with E-state index >= 15 is 0 Å². The number of hydrogen-bond acceptors (Lipinski definition) is 2. The molecule has 0 saturated carbocycles. The fourth-order valence-corrected chi connectivity index (χ4v) is 3.71. The second-order valence-corrected chi connectivity index (χ2v) is 6.54. The molecule has 0 spiro atoms. The predicted molar refractivity (Wildman–Crippen MR) is 112 cm³/mol. The summed E-state index contributed by atoms with van der Waals surface area (Å²) in [5.41, 5.74) is 7.92. The van der Waals surface area contributed by atoms with E-state index in [9.17, 15) is 0 Å². The van der Waals surface area contributed by atoms with Gasteiger partial charge in [0.1, 0.15) is 5.75 Å². The highest BCUT2D eigenvalue weighted by Crippen LogP contribution is 2.41. The minimum Gasteiger partial charge on any atom is -0.497 e. The third kappa shape index (κ3) is 2.56. The number of rotatable bonds is 3. The molecule has 1 aliphatic rings. The molecule has 1 aromatic heterocycles. The van der Waals surface area contributed by atoms with Gasteiger partial charge < -0.3 is 9.72 Å². The second kappa shape index (κ2) is 6.29. The van der Waals surface area contributed by atoms with E-state index in [1.54, 1.807) is 7.11 Å². The summed E-state index contributed by atoms with van der Waals surface area (Å²) >= 11 is 0. The highest BCUT2D eigenvalue weighted by atomic mass is 16.5. The SMILES string of the molecule is COc1ccc(/C(=C2/C=Nc3ccccc32)c2c[nH]c3ccccc23)cc1. The first-order valence-corrected chi connectivity index (χ1v) is 8.94. The van der Waals surface area contributed by atoms with Crippen LogP contribution in [-0.4, -0.2) is 18.3 Å². The van der Waals surface area contributed by atoms with E-state index in [1.807, 2.05) is 24.4 Å². The molecule has 1 aliphatic heterocycles. The molecular formula is C24H18N2O. The number of fused-ring (bicyclic) bond motifs is 2. The molecule has 3 heteroatoms. The normalized spacial score (nSPS) is 14.4. The highest BCUT2D eigenvalue weighted by Gasteiger charge is 2.20. The maximum Gasteiger partial charge on any atom is 0.118 e. The lowest BCUT2D eigenvalue weighted by atomic mass is 9.90. The largest absolute Gasteiger partial charge is 0.497 e. The van der Waals surface area contributed by atoms with Crippen LogP contribution in [0.4, 0.5) is 5.69 Å². The van der Waals surface area contributed by atoms with Crippen LogP contribution >= 0.6 is 0 Å². The minimum absolute atomic E-state index is 0.850. The molecule has 0 atom stereocenters. The number of benzene rings is 3. The fourth-order valence-electron chi connectivity index (χ4n) is 3.71. The van der Waals surface area contributed by atoms with Gasteiger partial charge >= 0.3 is 0 Å². The zero-order chi connectivity index (χ0) is 18.2. The van der Waals surface area contributed by atoms with Crippen molar-refractivity contribution in [1.29, 1.82) is 0 Å². The lowest BCUT2D eigenvalue weighted by molar-refractivity contribution is 0.415. The molecule has 0 radical (unpaired) electrons. The second-order valence-electron chi connectivity index (χ2n) is 6.54. The van der Waals surface area contributed by atoms with Crippen molar-refractivity contribution < 1.29 is 4.74 Å². The monoisotopic (exact) mass is 350 g/mol. The van der Waals surface area contributed by atoms with E-state index < -0.39 is 0 Å². The van der Waals surface area contributed by atoms with Crippen molar-refractivity contribution in [3.63, 3.8) is 0 Å². The number of aromatic amines is 1. The average molecular weight is 350 g/mol. The van der Waals surface area contributed by atoms with Crippen LogP contribution in [0, 0.1) is 0 Å². The summed E-state index contributed by atoms with van der Waals surface area (Å²) in [5, 5.41) is 1.20. The Morgan fingerprint density at radius 3 is 2.52 bits per heavy atom. The van der Waals surface area contributed by atoms with Crippen molar-refractivity contribution in [3.05, 3.63) is 95.7 Å². The molecule has 4 aromatic rings. The number of hydrogen-bond donors (Lipinski definition) is 1. The minimum atomic E-state index is 0.850. The Balaban J connectivity index is 1.81. The van der Waals surface area contributed by atoms with Crippen LogP contribution in [0.25, 0.3) is 22.0 Å². The van der Waals surface area contributed by atoms with Gasteiger partial charge in [-0.05, 0) is 29.8 Å². The molecule has 3 aromatic carbocycles.